The third-order valence-corrected chi connectivity index (χ3v) is 5.70. The summed E-state index contributed by atoms with van der Waals surface area (Å²) < 4.78 is 56.7. The first-order valence-corrected chi connectivity index (χ1v) is 10.7. The molecule has 160 valence electrons. The fraction of sp³-hybridized carbons (Fsp3) is 0.0870. The summed E-state index contributed by atoms with van der Waals surface area (Å²) in [5, 5.41) is 0. The van der Waals surface area contributed by atoms with Gasteiger partial charge in [0.05, 0.1) is 4.90 Å². The predicted molar refractivity (Wildman–Crippen MR) is 115 cm³/mol. The Hall–Kier alpha value is -3.52. The van der Waals surface area contributed by atoms with Crippen LogP contribution in [-0.2, 0) is 10.0 Å². The lowest BCUT2D eigenvalue weighted by Crippen LogP contribution is -2.13. The zero-order valence-electron chi connectivity index (χ0n) is 16.5. The number of carbonyl (C=O) groups excluding carboxylic acids is 1. The molecular weight excluding hydrogens is 424 g/mol. The second kappa shape index (κ2) is 9.53. The van der Waals surface area contributed by atoms with Gasteiger partial charge < -0.3 is 4.74 Å². The Morgan fingerprint density at radius 1 is 0.968 bits per heavy atom. The van der Waals surface area contributed by atoms with E-state index in [4.69, 9.17) is 0 Å². The number of halogens is 2. The van der Waals surface area contributed by atoms with Crippen molar-refractivity contribution < 1.29 is 26.7 Å². The van der Waals surface area contributed by atoms with E-state index in [1.807, 2.05) is 6.92 Å². The minimum Gasteiger partial charge on any atom is -0.434 e. The number of allylic oxidation sites excluding steroid dienone is 1. The molecule has 0 spiro atoms. The van der Waals surface area contributed by atoms with Crippen LogP contribution in [0, 0.1) is 6.92 Å². The first kappa shape index (κ1) is 22.2. The SMILES string of the molecule is Cc1ccc(S(=O)(=O)Nc2ccc(C(=O)/C=C/c3ccccc3OC(F)F)cc2)cc1. The molecule has 31 heavy (non-hydrogen) atoms. The molecule has 0 fully saturated rings. The highest BCUT2D eigenvalue weighted by Gasteiger charge is 2.14. The molecular formula is C23H19F2NO4S. The van der Waals surface area contributed by atoms with Gasteiger partial charge in [0.15, 0.2) is 5.78 Å². The molecule has 1 N–H and O–H groups in total. The molecule has 3 aromatic carbocycles. The molecule has 3 aromatic rings. The normalized spacial score (nSPS) is 11.6. The van der Waals surface area contributed by atoms with Crippen molar-refractivity contribution in [2.45, 2.75) is 18.4 Å². The van der Waals surface area contributed by atoms with Gasteiger partial charge in [-0.2, -0.15) is 8.78 Å². The second-order valence-electron chi connectivity index (χ2n) is 6.61. The van der Waals surface area contributed by atoms with Crippen LogP contribution in [0.25, 0.3) is 6.08 Å². The van der Waals surface area contributed by atoms with Crippen LogP contribution in [0.2, 0.25) is 0 Å². The molecule has 0 unspecified atom stereocenters. The Kier molecular flexibility index (Phi) is 6.81. The summed E-state index contributed by atoms with van der Waals surface area (Å²) in [6.07, 6.45) is 2.62. The maximum absolute atomic E-state index is 12.5. The molecule has 0 aliphatic carbocycles. The third kappa shape index (κ3) is 5.99. The van der Waals surface area contributed by atoms with E-state index < -0.39 is 16.6 Å². The molecule has 0 heterocycles. The number of aryl methyl sites for hydroxylation is 1. The van der Waals surface area contributed by atoms with Gasteiger partial charge in [-0.3, -0.25) is 9.52 Å². The molecule has 0 saturated heterocycles. The molecule has 0 aliphatic rings. The summed E-state index contributed by atoms with van der Waals surface area (Å²) >= 11 is 0. The van der Waals surface area contributed by atoms with Crippen LogP contribution in [-0.4, -0.2) is 20.8 Å². The van der Waals surface area contributed by atoms with Gasteiger partial charge in [-0.15, -0.1) is 0 Å². The molecule has 0 amide bonds. The summed E-state index contributed by atoms with van der Waals surface area (Å²) in [5.41, 5.74) is 1.88. The van der Waals surface area contributed by atoms with E-state index in [1.54, 1.807) is 30.3 Å². The van der Waals surface area contributed by atoms with Gasteiger partial charge >= 0.3 is 6.61 Å². The van der Waals surface area contributed by atoms with Crippen LogP contribution in [0.1, 0.15) is 21.5 Å². The topological polar surface area (TPSA) is 72.5 Å². The van der Waals surface area contributed by atoms with Crippen molar-refractivity contribution in [2.75, 3.05) is 4.72 Å². The lowest BCUT2D eigenvalue weighted by atomic mass is 10.1. The smallest absolute Gasteiger partial charge is 0.387 e. The Morgan fingerprint density at radius 2 is 1.61 bits per heavy atom. The second-order valence-corrected chi connectivity index (χ2v) is 8.29. The van der Waals surface area contributed by atoms with E-state index in [9.17, 15) is 22.0 Å². The molecule has 8 heteroatoms. The van der Waals surface area contributed by atoms with Crippen molar-refractivity contribution in [3.05, 3.63) is 95.6 Å². The van der Waals surface area contributed by atoms with Gasteiger partial charge in [0.2, 0.25) is 0 Å². The van der Waals surface area contributed by atoms with Crippen molar-refractivity contribution in [1.82, 2.24) is 0 Å². The Labute approximate surface area is 179 Å². The van der Waals surface area contributed by atoms with E-state index in [2.05, 4.69) is 9.46 Å². The molecule has 0 aromatic heterocycles. The third-order valence-electron chi connectivity index (χ3n) is 4.30. The number of alkyl halides is 2. The van der Waals surface area contributed by atoms with Gasteiger partial charge in [0.1, 0.15) is 5.75 Å². The highest BCUT2D eigenvalue weighted by molar-refractivity contribution is 7.92. The number of benzene rings is 3. The zero-order chi connectivity index (χ0) is 22.4. The maximum Gasteiger partial charge on any atom is 0.387 e. The molecule has 5 nitrogen and oxygen atoms in total. The first-order valence-electron chi connectivity index (χ1n) is 9.20. The number of ketones is 1. The van der Waals surface area contributed by atoms with Crippen LogP contribution < -0.4 is 9.46 Å². The Balaban J connectivity index is 1.71. The number of rotatable bonds is 8. The fourth-order valence-corrected chi connectivity index (χ4v) is 3.78. The van der Waals surface area contributed by atoms with E-state index in [0.29, 0.717) is 16.8 Å². The number of ether oxygens (including phenoxy) is 1. The van der Waals surface area contributed by atoms with Crippen molar-refractivity contribution in [3.63, 3.8) is 0 Å². The van der Waals surface area contributed by atoms with Gasteiger partial charge in [0.25, 0.3) is 10.0 Å². The number of carbonyl (C=O) groups is 1. The van der Waals surface area contributed by atoms with Crippen LogP contribution in [0.3, 0.4) is 0 Å². The van der Waals surface area contributed by atoms with Gasteiger partial charge in [-0.1, -0.05) is 35.9 Å². The summed E-state index contributed by atoms with van der Waals surface area (Å²) in [6, 6.07) is 18.4. The fourth-order valence-electron chi connectivity index (χ4n) is 2.72. The summed E-state index contributed by atoms with van der Waals surface area (Å²) in [6.45, 7) is -1.11. The summed E-state index contributed by atoms with van der Waals surface area (Å²) in [4.78, 5) is 12.5. The van der Waals surface area contributed by atoms with Crippen molar-refractivity contribution in [3.8, 4) is 5.75 Å². The molecule has 0 atom stereocenters. The lowest BCUT2D eigenvalue weighted by molar-refractivity contribution is -0.0499. The first-order chi connectivity index (χ1) is 14.7. The van der Waals surface area contributed by atoms with Crippen LogP contribution >= 0.6 is 0 Å². The summed E-state index contributed by atoms with van der Waals surface area (Å²) in [5.74, 6) is -0.415. The number of para-hydroxylation sites is 1. The summed E-state index contributed by atoms with van der Waals surface area (Å²) in [7, 11) is -3.75. The van der Waals surface area contributed by atoms with Crippen LogP contribution in [0.5, 0.6) is 5.75 Å². The minimum atomic E-state index is -3.75. The molecule has 0 saturated carbocycles. The highest BCUT2D eigenvalue weighted by atomic mass is 32.2. The van der Waals surface area contributed by atoms with E-state index in [1.165, 1.54) is 54.6 Å². The van der Waals surface area contributed by atoms with Gasteiger partial charge in [-0.05, 0) is 61.5 Å². The largest absolute Gasteiger partial charge is 0.434 e. The quantitative estimate of drug-likeness (QED) is 0.379. The number of nitrogens with one attached hydrogen (secondary N) is 1. The average Bonchev–Trinajstić information content (AvgIpc) is 2.73. The maximum atomic E-state index is 12.5. The molecule has 0 bridgehead atoms. The molecule has 0 aliphatic heterocycles. The van der Waals surface area contributed by atoms with Crippen molar-refractivity contribution >= 4 is 27.6 Å². The standard InChI is InChI=1S/C23H19F2NO4S/c1-16-6-13-20(14-7-16)31(28,29)26-19-11-8-17(9-12-19)21(27)15-10-18-4-2-3-5-22(18)30-23(24)25/h2-15,23,26H,1H3/b15-10+. The van der Waals surface area contributed by atoms with E-state index in [0.717, 1.165) is 5.56 Å². The van der Waals surface area contributed by atoms with Crippen LogP contribution in [0.15, 0.2) is 83.8 Å². The van der Waals surface area contributed by atoms with Crippen molar-refractivity contribution in [1.29, 1.82) is 0 Å². The highest BCUT2D eigenvalue weighted by Crippen LogP contribution is 2.22. The Bertz CT molecular complexity index is 1190. The number of anilines is 1. The van der Waals surface area contributed by atoms with Crippen LogP contribution in [0.4, 0.5) is 14.5 Å². The Morgan fingerprint density at radius 3 is 2.26 bits per heavy atom. The number of sulfonamides is 1. The average molecular weight is 443 g/mol. The minimum absolute atomic E-state index is 0.0394. The lowest BCUT2D eigenvalue weighted by Gasteiger charge is -2.09. The molecule has 3 rings (SSSR count). The predicted octanol–water partition coefficient (Wildman–Crippen LogP) is 5.29. The monoisotopic (exact) mass is 443 g/mol. The van der Waals surface area contributed by atoms with E-state index >= 15 is 0 Å². The van der Waals surface area contributed by atoms with E-state index in [-0.39, 0.29) is 16.4 Å². The molecule has 0 radical (unpaired) electrons. The van der Waals surface area contributed by atoms with Gasteiger partial charge in [-0.25, -0.2) is 8.42 Å². The zero-order valence-corrected chi connectivity index (χ0v) is 17.3. The van der Waals surface area contributed by atoms with Crippen molar-refractivity contribution in [2.24, 2.45) is 0 Å². The number of hydrogen-bond acceptors (Lipinski definition) is 4. The number of hydrogen-bond donors (Lipinski definition) is 1. The van der Waals surface area contributed by atoms with Gasteiger partial charge in [0, 0.05) is 16.8 Å².